The van der Waals surface area contributed by atoms with E-state index in [9.17, 15) is 4.79 Å². The lowest BCUT2D eigenvalue weighted by atomic mass is 10.2. The number of hydrogen-bond donors (Lipinski definition) is 0. The van der Waals surface area contributed by atoms with Crippen molar-refractivity contribution in [2.24, 2.45) is 4.99 Å². The van der Waals surface area contributed by atoms with Gasteiger partial charge in [0.15, 0.2) is 5.17 Å². The van der Waals surface area contributed by atoms with Gasteiger partial charge in [-0.1, -0.05) is 12.1 Å². The number of amidine groups is 1. The lowest BCUT2D eigenvalue weighted by Gasteiger charge is -2.14. The maximum Gasteiger partial charge on any atom is 0.286 e. The summed E-state index contributed by atoms with van der Waals surface area (Å²) in [6.07, 6.45) is 4.24. The zero-order valence-electron chi connectivity index (χ0n) is 11.3. The van der Waals surface area contributed by atoms with E-state index in [0.29, 0.717) is 4.91 Å². The Kier molecular flexibility index (Phi) is 3.78. The highest BCUT2D eigenvalue weighted by Gasteiger charge is 2.27. The van der Waals surface area contributed by atoms with Crippen LogP contribution < -0.4 is 4.74 Å². The predicted octanol–water partition coefficient (Wildman–Crippen LogP) is 2.76. The number of nitrogens with zero attached hydrogens (tertiary/aromatic N) is 2. The Morgan fingerprint density at radius 3 is 2.90 bits per heavy atom. The number of likely N-dealkylation sites (tertiary alicyclic amines) is 1. The van der Waals surface area contributed by atoms with Gasteiger partial charge >= 0.3 is 0 Å². The van der Waals surface area contributed by atoms with E-state index in [0.717, 1.165) is 29.6 Å². The fourth-order valence-electron chi connectivity index (χ4n) is 2.32. The SMILES string of the molecule is COc1cccc(/C=C2\SC(N3CCCC3)=NC2=O)c1. The highest BCUT2D eigenvalue weighted by Crippen LogP contribution is 2.32. The number of ether oxygens (including phenoxy) is 1. The van der Waals surface area contributed by atoms with Crippen LogP contribution in [0.5, 0.6) is 5.75 Å². The topological polar surface area (TPSA) is 41.9 Å². The summed E-state index contributed by atoms with van der Waals surface area (Å²) >= 11 is 1.47. The molecule has 20 heavy (non-hydrogen) atoms. The molecular formula is C15H16N2O2S. The van der Waals surface area contributed by atoms with Crippen LogP contribution in [0, 0.1) is 0 Å². The Morgan fingerprint density at radius 2 is 2.15 bits per heavy atom. The molecule has 0 N–H and O–H groups in total. The highest BCUT2D eigenvalue weighted by molar-refractivity contribution is 8.18. The van der Waals surface area contributed by atoms with E-state index in [-0.39, 0.29) is 5.91 Å². The van der Waals surface area contributed by atoms with Gasteiger partial charge in [-0.3, -0.25) is 4.79 Å². The molecule has 4 nitrogen and oxygen atoms in total. The van der Waals surface area contributed by atoms with Gasteiger partial charge in [-0.2, -0.15) is 4.99 Å². The minimum Gasteiger partial charge on any atom is -0.497 e. The summed E-state index contributed by atoms with van der Waals surface area (Å²) in [5, 5.41) is 0.849. The first kappa shape index (κ1) is 13.2. The molecule has 104 valence electrons. The normalized spacial score (nSPS) is 20.6. The molecule has 1 saturated heterocycles. The van der Waals surface area contributed by atoms with Gasteiger partial charge in [0, 0.05) is 13.1 Å². The number of carbonyl (C=O) groups excluding carboxylic acids is 1. The zero-order valence-corrected chi connectivity index (χ0v) is 12.2. The molecule has 0 radical (unpaired) electrons. The molecule has 0 bridgehead atoms. The monoisotopic (exact) mass is 288 g/mol. The van der Waals surface area contributed by atoms with Crippen LogP contribution in [0.1, 0.15) is 18.4 Å². The van der Waals surface area contributed by atoms with Crippen LogP contribution in [0.3, 0.4) is 0 Å². The Labute approximate surface area is 122 Å². The largest absolute Gasteiger partial charge is 0.497 e. The van der Waals surface area contributed by atoms with Crippen LogP contribution in [-0.4, -0.2) is 36.2 Å². The Morgan fingerprint density at radius 1 is 1.35 bits per heavy atom. The summed E-state index contributed by atoms with van der Waals surface area (Å²) in [7, 11) is 1.64. The summed E-state index contributed by atoms with van der Waals surface area (Å²) in [5.41, 5.74) is 0.957. The van der Waals surface area contributed by atoms with Crippen molar-refractivity contribution in [3.63, 3.8) is 0 Å². The number of benzene rings is 1. The van der Waals surface area contributed by atoms with Crippen molar-refractivity contribution in [2.45, 2.75) is 12.8 Å². The number of amides is 1. The third kappa shape index (κ3) is 2.72. The average molecular weight is 288 g/mol. The van der Waals surface area contributed by atoms with Crippen LogP contribution >= 0.6 is 11.8 Å². The van der Waals surface area contributed by atoms with Crippen LogP contribution in [0.2, 0.25) is 0 Å². The van der Waals surface area contributed by atoms with Crippen LogP contribution in [-0.2, 0) is 4.79 Å². The number of methoxy groups -OCH3 is 1. The number of aliphatic imine (C=N–C) groups is 1. The first-order chi connectivity index (χ1) is 9.76. The first-order valence-corrected chi connectivity index (χ1v) is 7.49. The molecule has 5 heteroatoms. The minimum absolute atomic E-state index is 0.139. The fraction of sp³-hybridized carbons (Fsp3) is 0.333. The van der Waals surface area contributed by atoms with Crippen LogP contribution in [0.4, 0.5) is 0 Å². The summed E-state index contributed by atoms with van der Waals surface area (Å²) < 4.78 is 5.19. The molecule has 3 rings (SSSR count). The molecular weight excluding hydrogens is 272 g/mol. The molecule has 1 amide bonds. The molecule has 0 atom stereocenters. The molecule has 1 fully saturated rings. The Balaban J connectivity index is 1.78. The van der Waals surface area contributed by atoms with Gasteiger partial charge in [0.1, 0.15) is 5.75 Å². The van der Waals surface area contributed by atoms with Crippen molar-refractivity contribution in [3.8, 4) is 5.75 Å². The molecule has 1 aromatic carbocycles. The van der Waals surface area contributed by atoms with Gasteiger partial charge < -0.3 is 9.64 Å². The van der Waals surface area contributed by atoms with Gasteiger partial charge in [-0.15, -0.1) is 0 Å². The predicted molar refractivity (Wildman–Crippen MR) is 81.8 cm³/mol. The van der Waals surface area contributed by atoms with E-state index >= 15 is 0 Å². The van der Waals surface area contributed by atoms with E-state index < -0.39 is 0 Å². The third-order valence-corrected chi connectivity index (χ3v) is 4.42. The molecule has 2 aliphatic heterocycles. The average Bonchev–Trinajstić information content (AvgIpc) is 3.10. The van der Waals surface area contributed by atoms with E-state index in [4.69, 9.17) is 4.74 Å². The molecule has 2 aliphatic rings. The Bertz CT molecular complexity index is 589. The maximum absolute atomic E-state index is 12.0. The second-order valence-electron chi connectivity index (χ2n) is 4.78. The van der Waals surface area contributed by atoms with E-state index in [1.807, 2.05) is 30.3 Å². The standard InChI is InChI=1S/C15H16N2O2S/c1-19-12-6-4-5-11(9-12)10-13-14(18)16-15(20-13)17-7-2-3-8-17/h4-6,9-10H,2-3,7-8H2,1H3/b13-10-. The summed E-state index contributed by atoms with van der Waals surface area (Å²) in [5.74, 6) is 0.648. The van der Waals surface area contributed by atoms with Crippen molar-refractivity contribution in [2.75, 3.05) is 20.2 Å². The summed E-state index contributed by atoms with van der Waals surface area (Å²) in [6.45, 7) is 2.01. The lowest BCUT2D eigenvalue weighted by molar-refractivity contribution is -0.113. The molecule has 0 aliphatic carbocycles. The molecule has 0 unspecified atom stereocenters. The van der Waals surface area contributed by atoms with Crippen molar-refractivity contribution >= 4 is 28.9 Å². The quantitative estimate of drug-likeness (QED) is 0.785. The fourth-order valence-corrected chi connectivity index (χ4v) is 3.29. The third-order valence-electron chi connectivity index (χ3n) is 3.38. The summed E-state index contributed by atoms with van der Waals surface area (Å²) in [6, 6.07) is 7.67. The minimum atomic E-state index is -0.139. The van der Waals surface area contributed by atoms with Gasteiger partial charge in [0.05, 0.1) is 12.0 Å². The smallest absolute Gasteiger partial charge is 0.286 e. The van der Waals surface area contributed by atoms with Crippen molar-refractivity contribution in [3.05, 3.63) is 34.7 Å². The second kappa shape index (κ2) is 5.71. The van der Waals surface area contributed by atoms with Gasteiger partial charge in [-0.25, -0.2) is 0 Å². The number of hydrogen-bond acceptors (Lipinski definition) is 4. The molecule has 1 aromatic rings. The van der Waals surface area contributed by atoms with Gasteiger partial charge in [0.25, 0.3) is 5.91 Å². The maximum atomic E-state index is 12.0. The van der Waals surface area contributed by atoms with E-state index in [1.165, 1.54) is 24.6 Å². The number of carbonyl (C=O) groups is 1. The lowest BCUT2D eigenvalue weighted by Crippen LogP contribution is -2.23. The molecule has 2 heterocycles. The van der Waals surface area contributed by atoms with E-state index in [2.05, 4.69) is 9.89 Å². The zero-order chi connectivity index (χ0) is 13.9. The van der Waals surface area contributed by atoms with E-state index in [1.54, 1.807) is 7.11 Å². The molecule has 0 aromatic heterocycles. The van der Waals surface area contributed by atoms with Crippen molar-refractivity contribution < 1.29 is 9.53 Å². The Hall–Kier alpha value is -1.75. The van der Waals surface area contributed by atoms with Gasteiger partial charge in [0.2, 0.25) is 0 Å². The number of thioether (sulfide) groups is 1. The molecule has 0 saturated carbocycles. The first-order valence-electron chi connectivity index (χ1n) is 6.68. The van der Waals surface area contributed by atoms with Crippen molar-refractivity contribution in [1.82, 2.24) is 4.90 Å². The second-order valence-corrected chi connectivity index (χ2v) is 5.79. The van der Waals surface area contributed by atoms with Gasteiger partial charge in [-0.05, 0) is 48.4 Å². The molecule has 0 spiro atoms. The van der Waals surface area contributed by atoms with Crippen LogP contribution in [0.15, 0.2) is 34.2 Å². The van der Waals surface area contributed by atoms with Crippen molar-refractivity contribution in [1.29, 1.82) is 0 Å². The van der Waals surface area contributed by atoms with Crippen LogP contribution in [0.25, 0.3) is 6.08 Å². The summed E-state index contributed by atoms with van der Waals surface area (Å²) in [4.78, 5) is 19.0. The highest BCUT2D eigenvalue weighted by atomic mass is 32.2. The number of rotatable bonds is 2.